The van der Waals surface area contributed by atoms with Crippen LogP contribution in [0.4, 0.5) is 0 Å². The van der Waals surface area contributed by atoms with E-state index in [1.54, 1.807) is 0 Å². The Kier molecular flexibility index (Phi) is 5.33. The molecule has 4 heteroatoms. The van der Waals surface area contributed by atoms with Crippen molar-refractivity contribution >= 4 is 5.96 Å². The van der Waals surface area contributed by atoms with E-state index >= 15 is 0 Å². The average molecular weight is 158 g/mol. The molecule has 66 valence electrons. The van der Waals surface area contributed by atoms with E-state index in [1.165, 1.54) is 0 Å². The van der Waals surface area contributed by atoms with Crippen LogP contribution in [0.3, 0.4) is 0 Å². The molecule has 0 aliphatic rings. The zero-order valence-corrected chi connectivity index (χ0v) is 7.38. The number of rotatable bonds is 4. The summed E-state index contributed by atoms with van der Waals surface area (Å²) in [6.07, 6.45) is 2.13. The van der Waals surface area contributed by atoms with Gasteiger partial charge in [-0.25, -0.2) is 0 Å². The molecule has 0 saturated carbocycles. The lowest BCUT2D eigenvalue weighted by Crippen LogP contribution is -2.39. The van der Waals surface area contributed by atoms with Crippen molar-refractivity contribution in [3.05, 3.63) is 0 Å². The fourth-order valence-corrected chi connectivity index (χ4v) is 0.962. The second kappa shape index (κ2) is 5.82. The molecule has 11 heavy (non-hydrogen) atoms. The quantitative estimate of drug-likeness (QED) is 0.267. The van der Waals surface area contributed by atoms with Crippen molar-refractivity contribution in [1.29, 1.82) is 0 Å². The first-order valence-electron chi connectivity index (χ1n) is 4.04. The minimum absolute atomic E-state index is 0.439. The van der Waals surface area contributed by atoms with Crippen LogP contribution in [0.2, 0.25) is 0 Å². The van der Waals surface area contributed by atoms with E-state index in [1.807, 2.05) is 4.90 Å². The Balaban J connectivity index is 3.87. The first-order valence-corrected chi connectivity index (χ1v) is 4.04. The fraction of sp³-hybridized carbons (Fsp3) is 0.857. The number of hydrogen-bond donors (Lipinski definition) is 2. The minimum atomic E-state index is 0.439. The van der Waals surface area contributed by atoms with Gasteiger partial charge in [0.1, 0.15) is 0 Å². The Morgan fingerprint density at radius 2 is 1.73 bits per heavy atom. The molecule has 0 spiro atoms. The highest BCUT2D eigenvalue weighted by molar-refractivity contribution is 5.77. The maximum atomic E-state index is 5.54. The molecule has 0 aromatic carbocycles. The molecular weight excluding hydrogens is 140 g/mol. The summed E-state index contributed by atoms with van der Waals surface area (Å²) in [5.41, 5.74) is 5.54. The molecule has 0 radical (unpaired) electrons. The number of guanidine groups is 1. The number of nitrogens with zero attached hydrogens (tertiary/aromatic N) is 2. The van der Waals surface area contributed by atoms with Crippen molar-refractivity contribution in [2.45, 2.75) is 26.7 Å². The lowest BCUT2D eigenvalue weighted by Gasteiger charge is -2.21. The molecule has 0 bridgehead atoms. The van der Waals surface area contributed by atoms with Gasteiger partial charge in [-0.2, -0.15) is 0 Å². The summed E-state index contributed by atoms with van der Waals surface area (Å²) in [4.78, 5) is 1.99. The molecule has 0 aliphatic heterocycles. The van der Waals surface area contributed by atoms with Gasteiger partial charge in [-0.3, -0.25) is 0 Å². The van der Waals surface area contributed by atoms with Crippen LogP contribution in [0.15, 0.2) is 5.10 Å². The molecule has 0 amide bonds. The van der Waals surface area contributed by atoms with Gasteiger partial charge in [-0.05, 0) is 12.8 Å². The highest BCUT2D eigenvalue weighted by atomic mass is 15.3. The average Bonchev–Trinajstić information content (AvgIpc) is 2.03. The molecule has 0 fully saturated rings. The van der Waals surface area contributed by atoms with Crippen LogP contribution >= 0.6 is 0 Å². The van der Waals surface area contributed by atoms with Gasteiger partial charge in [-0.1, -0.05) is 13.8 Å². The molecule has 0 heterocycles. The second-order valence-electron chi connectivity index (χ2n) is 2.47. The third-order valence-corrected chi connectivity index (χ3v) is 1.44. The number of hydrogen-bond acceptors (Lipinski definition) is 2. The standard InChI is InChI=1S/C7H18N4/c1-3-5-11(6-4-2)7(8)10-9/h3-6,9H2,1-2H3,(H2,8,10). The Morgan fingerprint density at radius 1 is 1.27 bits per heavy atom. The smallest absolute Gasteiger partial charge is 0.213 e. The first-order chi connectivity index (χ1) is 5.26. The maximum absolute atomic E-state index is 5.54. The van der Waals surface area contributed by atoms with E-state index in [9.17, 15) is 0 Å². The molecule has 0 aromatic rings. The summed E-state index contributed by atoms with van der Waals surface area (Å²) in [6, 6.07) is 0. The molecule has 4 nitrogen and oxygen atoms in total. The topological polar surface area (TPSA) is 67.6 Å². The van der Waals surface area contributed by atoms with Crippen LogP contribution in [-0.4, -0.2) is 23.9 Å². The summed E-state index contributed by atoms with van der Waals surface area (Å²) < 4.78 is 0. The Morgan fingerprint density at radius 3 is 2.00 bits per heavy atom. The maximum Gasteiger partial charge on any atom is 0.213 e. The van der Waals surface area contributed by atoms with Crippen molar-refractivity contribution in [2.24, 2.45) is 16.7 Å². The Labute approximate surface area is 68.2 Å². The summed E-state index contributed by atoms with van der Waals surface area (Å²) in [7, 11) is 0. The van der Waals surface area contributed by atoms with Gasteiger partial charge in [0.05, 0.1) is 0 Å². The van der Waals surface area contributed by atoms with Gasteiger partial charge in [0.2, 0.25) is 5.96 Å². The van der Waals surface area contributed by atoms with E-state index < -0.39 is 0 Å². The molecular formula is C7H18N4. The fourth-order valence-electron chi connectivity index (χ4n) is 0.962. The lowest BCUT2D eigenvalue weighted by atomic mass is 10.4. The SMILES string of the molecule is CCCN(CCC)C(N)=NN. The summed E-state index contributed by atoms with van der Waals surface area (Å²) in [5.74, 6) is 5.49. The normalized spacial score (nSPS) is 11.6. The third kappa shape index (κ3) is 3.70. The summed E-state index contributed by atoms with van der Waals surface area (Å²) >= 11 is 0. The predicted octanol–water partition coefficient (Wildman–Crippen LogP) is 0.297. The van der Waals surface area contributed by atoms with Gasteiger partial charge in [0, 0.05) is 13.1 Å². The molecule has 0 rings (SSSR count). The van der Waals surface area contributed by atoms with Crippen LogP contribution in [0, 0.1) is 0 Å². The van der Waals surface area contributed by atoms with E-state index in [4.69, 9.17) is 11.6 Å². The summed E-state index contributed by atoms with van der Waals surface area (Å²) in [5, 5.41) is 3.45. The van der Waals surface area contributed by atoms with Crippen LogP contribution in [0.1, 0.15) is 26.7 Å². The zero-order valence-electron chi connectivity index (χ0n) is 7.38. The molecule has 0 aromatic heterocycles. The molecule has 0 aliphatic carbocycles. The number of nitrogens with two attached hydrogens (primary N) is 2. The highest BCUT2D eigenvalue weighted by Crippen LogP contribution is 1.92. The van der Waals surface area contributed by atoms with Crippen molar-refractivity contribution in [3.8, 4) is 0 Å². The van der Waals surface area contributed by atoms with Crippen molar-refractivity contribution in [3.63, 3.8) is 0 Å². The minimum Gasteiger partial charge on any atom is -0.368 e. The Hall–Kier alpha value is -0.930. The van der Waals surface area contributed by atoms with Crippen LogP contribution in [-0.2, 0) is 0 Å². The zero-order chi connectivity index (χ0) is 8.69. The van der Waals surface area contributed by atoms with Crippen molar-refractivity contribution in [2.75, 3.05) is 13.1 Å². The van der Waals surface area contributed by atoms with Crippen LogP contribution in [0.5, 0.6) is 0 Å². The van der Waals surface area contributed by atoms with Gasteiger partial charge < -0.3 is 16.5 Å². The first kappa shape index (κ1) is 10.1. The molecule has 0 atom stereocenters. The monoisotopic (exact) mass is 158 g/mol. The molecule has 4 N–H and O–H groups in total. The Bertz CT molecular complexity index is 116. The predicted molar refractivity (Wildman–Crippen MR) is 48.0 cm³/mol. The van der Waals surface area contributed by atoms with Gasteiger partial charge in [0.25, 0.3) is 0 Å². The molecule has 0 unspecified atom stereocenters. The lowest BCUT2D eigenvalue weighted by molar-refractivity contribution is 0.411. The number of hydrazone groups is 1. The van der Waals surface area contributed by atoms with Crippen LogP contribution in [0.25, 0.3) is 0 Å². The van der Waals surface area contributed by atoms with Crippen molar-refractivity contribution in [1.82, 2.24) is 4.90 Å². The van der Waals surface area contributed by atoms with Gasteiger partial charge in [0.15, 0.2) is 0 Å². The summed E-state index contributed by atoms with van der Waals surface area (Å²) in [6.45, 7) is 6.07. The van der Waals surface area contributed by atoms with E-state index in [0.29, 0.717) is 5.96 Å². The van der Waals surface area contributed by atoms with Gasteiger partial charge in [-0.15, -0.1) is 5.10 Å². The van der Waals surface area contributed by atoms with E-state index in [2.05, 4.69) is 18.9 Å². The second-order valence-corrected chi connectivity index (χ2v) is 2.47. The highest BCUT2D eigenvalue weighted by Gasteiger charge is 2.03. The molecule has 0 saturated heterocycles. The van der Waals surface area contributed by atoms with E-state index in [0.717, 1.165) is 25.9 Å². The van der Waals surface area contributed by atoms with E-state index in [-0.39, 0.29) is 0 Å². The van der Waals surface area contributed by atoms with Crippen molar-refractivity contribution < 1.29 is 0 Å². The largest absolute Gasteiger partial charge is 0.368 e. The van der Waals surface area contributed by atoms with Gasteiger partial charge >= 0.3 is 0 Å². The third-order valence-electron chi connectivity index (χ3n) is 1.44. The van der Waals surface area contributed by atoms with Crippen LogP contribution < -0.4 is 11.6 Å².